The first-order valence-corrected chi connectivity index (χ1v) is 8.66. The van der Waals surface area contributed by atoms with Crippen molar-refractivity contribution in [3.05, 3.63) is 40.9 Å². The van der Waals surface area contributed by atoms with Gasteiger partial charge in [-0.2, -0.15) is 0 Å². The van der Waals surface area contributed by atoms with Gasteiger partial charge in [0.05, 0.1) is 29.5 Å². The van der Waals surface area contributed by atoms with E-state index in [-0.39, 0.29) is 10.8 Å². The smallest absolute Gasteiger partial charge is 0.337 e. The number of ether oxygens (including phenoxy) is 1. The minimum absolute atomic E-state index is 0.166. The summed E-state index contributed by atoms with van der Waals surface area (Å²) < 4.78 is 5.34. The van der Waals surface area contributed by atoms with Crippen molar-refractivity contribution in [3.8, 4) is 0 Å². The number of carboxylic acid groups (broad SMARTS) is 1. The summed E-state index contributed by atoms with van der Waals surface area (Å²) in [5, 5.41) is 9.81. The molecule has 126 valence electrons. The highest BCUT2D eigenvalue weighted by Crippen LogP contribution is 2.23. The van der Waals surface area contributed by atoms with Crippen LogP contribution in [0.5, 0.6) is 0 Å². The van der Waals surface area contributed by atoms with Crippen LogP contribution in [0.3, 0.4) is 0 Å². The third kappa shape index (κ3) is 4.34. The molecule has 0 saturated carbocycles. The normalized spacial score (nSPS) is 14.6. The second kappa shape index (κ2) is 7.78. The summed E-state index contributed by atoms with van der Waals surface area (Å²) in [7, 11) is 0. The molecule has 1 saturated heterocycles. The predicted molar refractivity (Wildman–Crippen MR) is 90.8 cm³/mol. The van der Waals surface area contributed by atoms with Crippen LogP contribution in [-0.2, 0) is 10.5 Å². The van der Waals surface area contributed by atoms with E-state index in [2.05, 4.69) is 19.9 Å². The average Bonchev–Trinajstić information content (AvgIpc) is 2.60. The van der Waals surface area contributed by atoms with Gasteiger partial charge in [-0.1, -0.05) is 0 Å². The number of aromatic carboxylic acids is 1. The first kappa shape index (κ1) is 16.9. The summed E-state index contributed by atoms with van der Waals surface area (Å²) in [5.74, 6) is 0.374. The maximum absolute atomic E-state index is 10.8. The van der Waals surface area contributed by atoms with Gasteiger partial charge in [0.1, 0.15) is 5.82 Å². The van der Waals surface area contributed by atoms with Gasteiger partial charge in [-0.3, -0.25) is 0 Å². The fraction of sp³-hybridized carbons (Fsp3) is 0.333. The maximum Gasteiger partial charge on any atom is 0.337 e. The molecule has 3 rings (SSSR count). The first-order chi connectivity index (χ1) is 11.6. The lowest BCUT2D eigenvalue weighted by Crippen LogP contribution is -2.36. The highest BCUT2D eigenvalue weighted by Gasteiger charge is 2.14. The summed E-state index contributed by atoms with van der Waals surface area (Å²) in [6, 6.07) is 5.12. The van der Waals surface area contributed by atoms with Gasteiger partial charge >= 0.3 is 5.97 Å². The fourth-order valence-electron chi connectivity index (χ4n) is 2.22. The summed E-state index contributed by atoms with van der Waals surface area (Å²) in [4.78, 5) is 25.6. The van der Waals surface area contributed by atoms with Gasteiger partial charge in [-0.25, -0.2) is 19.7 Å². The second-order valence-corrected chi connectivity index (χ2v) is 6.40. The Morgan fingerprint density at radius 1 is 1.33 bits per heavy atom. The molecular weight excluding hydrogens is 352 g/mol. The summed E-state index contributed by atoms with van der Waals surface area (Å²) in [6.07, 6.45) is 1.34. The van der Waals surface area contributed by atoms with Crippen molar-refractivity contribution in [1.29, 1.82) is 0 Å². The van der Waals surface area contributed by atoms with Gasteiger partial charge in [0.15, 0.2) is 0 Å². The van der Waals surface area contributed by atoms with Crippen LogP contribution in [0.1, 0.15) is 16.1 Å². The Balaban J connectivity index is 1.68. The molecule has 7 nitrogen and oxygen atoms in total. The fourth-order valence-corrected chi connectivity index (χ4v) is 3.15. The Bertz CT molecular complexity index is 723. The molecule has 2 aromatic rings. The summed E-state index contributed by atoms with van der Waals surface area (Å²) >= 11 is 7.50. The number of nitrogens with zero attached hydrogens (tertiary/aromatic N) is 4. The lowest BCUT2D eigenvalue weighted by molar-refractivity contribution is 0.0696. The summed E-state index contributed by atoms with van der Waals surface area (Å²) in [6.45, 7) is 2.90. The molecule has 0 unspecified atom stereocenters. The van der Waals surface area contributed by atoms with Crippen molar-refractivity contribution in [1.82, 2.24) is 15.0 Å². The zero-order valence-electron chi connectivity index (χ0n) is 12.7. The van der Waals surface area contributed by atoms with Crippen molar-refractivity contribution in [2.75, 3.05) is 31.2 Å². The molecular formula is C15H15ClN4O3S. The van der Waals surface area contributed by atoms with Crippen LogP contribution in [0.2, 0.25) is 5.28 Å². The van der Waals surface area contributed by atoms with Crippen LogP contribution in [-0.4, -0.2) is 52.3 Å². The lowest BCUT2D eigenvalue weighted by Gasteiger charge is -2.27. The van der Waals surface area contributed by atoms with E-state index >= 15 is 0 Å². The highest BCUT2D eigenvalue weighted by atomic mass is 35.5. The number of morpholine rings is 1. The SMILES string of the molecule is O=C(O)c1ccc(SCc2cc(N3CCOCC3)nc(Cl)n2)nc1. The van der Waals surface area contributed by atoms with Crippen LogP contribution < -0.4 is 4.90 Å². The highest BCUT2D eigenvalue weighted by molar-refractivity contribution is 7.98. The molecule has 24 heavy (non-hydrogen) atoms. The molecule has 2 aromatic heterocycles. The molecule has 3 heterocycles. The Kier molecular flexibility index (Phi) is 5.49. The monoisotopic (exact) mass is 366 g/mol. The van der Waals surface area contributed by atoms with Crippen LogP contribution in [0, 0.1) is 0 Å². The number of hydrogen-bond donors (Lipinski definition) is 1. The number of aromatic nitrogens is 3. The Morgan fingerprint density at radius 3 is 2.79 bits per heavy atom. The van der Waals surface area contributed by atoms with E-state index in [9.17, 15) is 4.79 Å². The third-order valence-electron chi connectivity index (χ3n) is 3.42. The number of thioether (sulfide) groups is 1. The summed E-state index contributed by atoms with van der Waals surface area (Å²) in [5.41, 5.74) is 0.963. The van der Waals surface area contributed by atoms with Crippen molar-refractivity contribution in [2.24, 2.45) is 0 Å². The number of pyridine rings is 1. The molecule has 1 aliphatic heterocycles. The largest absolute Gasteiger partial charge is 0.478 e. The lowest BCUT2D eigenvalue weighted by atomic mass is 10.3. The predicted octanol–water partition coefficient (Wildman–Crippen LogP) is 2.35. The molecule has 0 amide bonds. The molecule has 1 fully saturated rings. The number of carbonyl (C=O) groups is 1. The molecule has 0 aliphatic carbocycles. The molecule has 0 aromatic carbocycles. The number of hydrogen-bond acceptors (Lipinski definition) is 7. The Hall–Kier alpha value is -1.90. The number of halogens is 1. The molecule has 0 atom stereocenters. The van der Waals surface area contributed by atoms with Crippen molar-refractivity contribution < 1.29 is 14.6 Å². The zero-order chi connectivity index (χ0) is 16.9. The van der Waals surface area contributed by atoms with Gasteiger partial charge in [-0.05, 0) is 23.7 Å². The average molecular weight is 367 g/mol. The number of carboxylic acids is 1. The van der Waals surface area contributed by atoms with Gasteiger partial charge in [0.2, 0.25) is 5.28 Å². The van der Waals surface area contributed by atoms with Gasteiger partial charge < -0.3 is 14.7 Å². The molecule has 0 spiro atoms. The van der Waals surface area contributed by atoms with E-state index in [1.54, 1.807) is 6.07 Å². The van der Waals surface area contributed by atoms with Gasteiger partial charge in [0.25, 0.3) is 0 Å². The van der Waals surface area contributed by atoms with Crippen LogP contribution in [0.15, 0.2) is 29.4 Å². The minimum Gasteiger partial charge on any atom is -0.478 e. The molecule has 0 bridgehead atoms. The van der Waals surface area contributed by atoms with Crippen LogP contribution >= 0.6 is 23.4 Å². The Labute approximate surface area is 148 Å². The minimum atomic E-state index is -0.989. The van der Waals surface area contributed by atoms with Crippen LogP contribution in [0.25, 0.3) is 0 Å². The number of rotatable bonds is 5. The molecule has 1 aliphatic rings. The zero-order valence-corrected chi connectivity index (χ0v) is 14.3. The van der Waals surface area contributed by atoms with E-state index in [1.165, 1.54) is 24.0 Å². The quantitative estimate of drug-likeness (QED) is 0.637. The molecule has 9 heteroatoms. The van der Waals surface area contributed by atoms with E-state index in [4.69, 9.17) is 21.4 Å². The van der Waals surface area contributed by atoms with E-state index in [1.807, 2.05) is 6.07 Å². The second-order valence-electron chi connectivity index (χ2n) is 5.06. The van der Waals surface area contributed by atoms with E-state index in [0.29, 0.717) is 19.0 Å². The van der Waals surface area contributed by atoms with Crippen molar-refractivity contribution >= 4 is 35.1 Å². The molecule has 0 radical (unpaired) electrons. The standard InChI is InChI=1S/C15H15ClN4O3S/c16-15-18-11(7-12(19-15)20-3-5-23-6-4-20)9-24-13-2-1-10(8-17-13)14(21)22/h1-2,7-8H,3-6,9H2,(H,21,22). The number of anilines is 1. The third-order valence-corrected chi connectivity index (χ3v) is 4.57. The van der Waals surface area contributed by atoms with Crippen LogP contribution in [0.4, 0.5) is 5.82 Å². The van der Waals surface area contributed by atoms with E-state index < -0.39 is 5.97 Å². The topological polar surface area (TPSA) is 88.4 Å². The van der Waals surface area contributed by atoms with Crippen molar-refractivity contribution in [3.63, 3.8) is 0 Å². The van der Waals surface area contributed by atoms with Crippen molar-refractivity contribution in [2.45, 2.75) is 10.8 Å². The first-order valence-electron chi connectivity index (χ1n) is 7.30. The van der Waals surface area contributed by atoms with Gasteiger partial charge in [0, 0.05) is 31.1 Å². The van der Waals surface area contributed by atoms with E-state index in [0.717, 1.165) is 29.6 Å². The molecule has 1 N–H and O–H groups in total. The Morgan fingerprint density at radius 2 is 2.12 bits per heavy atom. The van der Waals surface area contributed by atoms with Gasteiger partial charge in [-0.15, -0.1) is 11.8 Å². The maximum atomic E-state index is 10.8.